The van der Waals surface area contributed by atoms with Crippen molar-refractivity contribution < 1.29 is 24.2 Å². The number of carboxylic acid groups (broad SMARTS) is 1. The molecule has 0 unspecified atom stereocenters. The van der Waals surface area contributed by atoms with Crippen LogP contribution in [-0.4, -0.2) is 34.2 Å². The average Bonchev–Trinajstić information content (AvgIpc) is 3.33. The largest absolute Gasteiger partial charge is 0.497 e. The summed E-state index contributed by atoms with van der Waals surface area (Å²) in [7, 11) is 1.59. The highest BCUT2D eigenvalue weighted by Gasteiger charge is 2.33. The average molecular weight is 670 g/mol. The number of halogens is 2. The lowest BCUT2D eigenvalue weighted by molar-refractivity contribution is -0.122. The van der Waals surface area contributed by atoms with E-state index in [4.69, 9.17) is 37.7 Å². The number of carbonyl (C=O) groups is 2. The number of fused-ring (bicyclic) bond motifs is 1. The molecule has 1 fully saturated rings. The summed E-state index contributed by atoms with van der Waals surface area (Å²) in [6, 6.07) is 31.1. The Hall–Kier alpha value is -4.76. The quantitative estimate of drug-likeness (QED) is 0.158. The number of aromatic carboxylic acids is 1. The van der Waals surface area contributed by atoms with Crippen LogP contribution in [0.25, 0.3) is 16.8 Å². The lowest BCUT2D eigenvalue weighted by Crippen LogP contribution is -2.28. The minimum atomic E-state index is -1.02. The number of ether oxygens (including phenoxy) is 2. The minimum absolute atomic E-state index is 0.164. The van der Waals surface area contributed by atoms with Gasteiger partial charge in [-0.1, -0.05) is 77.8 Å². The Bertz CT molecular complexity index is 1980. The van der Waals surface area contributed by atoms with Gasteiger partial charge < -0.3 is 14.6 Å². The smallest absolute Gasteiger partial charge is 0.335 e. The summed E-state index contributed by atoms with van der Waals surface area (Å²) >= 11 is 14.5. The van der Waals surface area contributed by atoms with Crippen molar-refractivity contribution in [1.29, 1.82) is 0 Å². The van der Waals surface area contributed by atoms with Crippen molar-refractivity contribution in [3.63, 3.8) is 0 Å². The number of hydrogen-bond acceptors (Lipinski definition) is 6. The van der Waals surface area contributed by atoms with E-state index in [-0.39, 0.29) is 24.6 Å². The van der Waals surface area contributed by atoms with Crippen LogP contribution in [-0.2, 0) is 17.9 Å². The molecule has 10 heteroatoms. The molecular weight excluding hydrogens is 643 g/mol. The standard InChI is InChI=1S/C36H26Cl2N2O5S/c1-44-28-15-13-27(14-16-28)39-36-40(20-22-9-11-25(12-10-22)35(42)43)34(41)32(46-36)19-23-17-30(37)33(31(38)18-23)45-21-26-7-4-6-24-5-2-3-8-29(24)26/h2-19H,20-21H2,1H3,(H,42,43)/b32-19-,39-36?. The molecule has 0 bridgehead atoms. The lowest BCUT2D eigenvalue weighted by Gasteiger charge is -2.16. The van der Waals surface area contributed by atoms with Crippen LogP contribution in [0.5, 0.6) is 11.5 Å². The van der Waals surface area contributed by atoms with E-state index in [0.29, 0.717) is 42.9 Å². The molecule has 1 amide bonds. The first kappa shape index (κ1) is 31.2. The third kappa shape index (κ3) is 6.89. The zero-order valence-electron chi connectivity index (χ0n) is 24.4. The number of rotatable bonds is 9. The van der Waals surface area contributed by atoms with Crippen LogP contribution >= 0.6 is 35.0 Å². The molecule has 0 radical (unpaired) electrons. The van der Waals surface area contributed by atoms with Gasteiger partial charge in [-0.3, -0.25) is 9.69 Å². The zero-order valence-corrected chi connectivity index (χ0v) is 26.8. The molecule has 1 N–H and O–H groups in total. The number of benzene rings is 5. The Kier molecular flexibility index (Phi) is 9.30. The van der Waals surface area contributed by atoms with Gasteiger partial charge in [0.15, 0.2) is 10.9 Å². The van der Waals surface area contributed by atoms with Gasteiger partial charge >= 0.3 is 5.97 Å². The van der Waals surface area contributed by atoms with Crippen LogP contribution in [0.1, 0.15) is 27.0 Å². The highest BCUT2D eigenvalue weighted by Crippen LogP contribution is 2.39. The topological polar surface area (TPSA) is 88.4 Å². The maximum absolute atomic E-state index is 13.7. The molecule has 0 aromatic heterocycles. The fraction of sp³-hybridized carbons (Fsp3) is 0.0833. The van der Waals surface area contributed by atoms with Crippen LogP contribution in [0.15, 0.2) is 113 Å². The molecule has 0 atom stereocenters. The van der Waals surface area contributed by atoms with E-state index < -0.39 is 5.97 Å². The van der Waals surface area contributed by atoms with E-state index in [1.807, 2.05) is 42.5 Å². The zero-order chi connectivity index (χ0) is 32.2. The molecule has 1 saturated heterocycles. The number of nitrogens with zero attached hydrogens (tertiary/aromatic N) is 2. The molecule has 230 valence electrons. The SMILES string of the molecule is COc1ccc(N=C2S/C(=C\c3cc(Cl)c(OCc4cccc5ccccc45)c(Cl)c3)C(=O)N2Cc2ccc(C(=O)O)cc2)cc1. The second-order valence-corrected chi connectivity index (χ2v) is 12.2. The monoisotopic (exact) mass is 668 g/mol. The number of carboxylic acids is 1. The Morgan fingerprint density at radius 1 is 0.935 bits per heavy atom. The fourth-order valence-electron chi connectivity index (χ4n) is 4.95. The summed E-state index contributed by atoms with van der Waals surface area (Å²) in [5, 5.41) is 12.6. The second-order valence-electron chi connectivity index (χ2n) is 10.3. The molecule has 6 rings (SSSR count). The molecule has 1 aliphatic rings. The van der Waals surface area contributed by atoms with E-state index in [0.717, 1.165) is 21.9 Å². The summed E-state index contributed by atoms with van der Waals surface area (Å²) in [6.45, 7) is 0.476. The first-order valence-corrected chi connectivity index (χ1v) is 15.7. The van der Waals surface area contributed by atoms with Crippen LogP contribution in [0.4, 0.5) is 5.69 Å². The van der Waals surface area contributed by atoms with E-state index in [2.05, 4.69) is 0 Å². The molecule has 1 aliphatic heterocycles. The van der Waals surface area contributed by atoms with Gasteiger partial charge in [0.2, 0.25) is 0 Å². The molecular formula is C36H26Cl2N2O5S. The number of thioether (sulfide) groups is 1. The Morgan fingerprint density at radius 3 is 2.33 bits per heavy atom. The summed E-state index contributed by atoms with van der Waals surface area (Å²) < 4.78 is 11.3. The summed E-state index contributed by atoms with van der Waals surface area (Å²) in [5.74, 6) is -0.234. The predicted octanol–water partition coefficient (Wildman–Crippen LogP) is 9.24. The van der Waals surface area contributed by atoms with Crippen molar-refractivity contribution in [3.05, 3.63) is 140 Å². The normalized spacial score (nSPS) is 14.8. The van der Waals surface area contributed by atoms with Gasteiger partial charge in [-0.15, -0.1) is 0 Å². The molecule has 1 heterocycles. The van der Waals surface area contributed by atoms with Gasteiger partial charge in [0.1, 0.15) is 12.4 Å². The van der Waals surface area contributed by atoms with Gasteiger partial charge in [-0.25, -0.2) is 9.79 Å². The van der Waals surface area contributed by atoms with Gasteiger partial charge in [0, 0.05) is 0 Å². The van der Waals surface area contributed by atoms with Crippen molar-refractivity contribution in [1.82, 2.24) is 4.90 Å². The van der Waals surface area contributed by atoms with Gasteiger partial charge in [-0.05, 0) is 93.8 Å². The van der Waals surface area contributed by atoms with E-state index in [1.165, 1.54) is 23.9 Å². The second kappa shape index (κ2) is 13.7. The highest BCUT2D eigenvalue weighted by molar-refractivity contribution is 8.18. The van der Waals surface area contributed by atoms with Crippen LogP contribution in [0.3, 0.4) is 0 Å². The van der Waals surface area contributed by atoms with Crippen molar-refractivity contribution in [2.75, 3.05) is 7.11 Å². The number of hydrogen-bond donors (Lipinski definition) is 1. The number of methoxy groups -OCH3 is 1. The Labute approximate surface area is 279 Å². The lowest BCUT2D eigenvalue weighted by atomic mass is 10.1. The molecule has 5 aromatic rings. The molecule has 0 saturated carbocycles. The van der Waals surface area contributed by atoms with E-state index in [1.54, 1.807) is 66.6 Å². The Balaban J connectivity index is 1.27. The number of aliphatic imine (C=N–C) groups is 1. The first-order chi connectivity index (χ1) is 22.3. The third-order valence-corrected chi connectivity index (χ3v) is 8.87. The molecule has 46 heavy (non-hydrogen) atoms. The van der Waals surface area contributed by atoms with Crippen molar-refractivity contribution in [2.24, 2.45) is 4.99 Å². The highest BCUT2D eigenvalue weighted by atomic mass is 35.5. The van der Waals surface area contributed by atoms with Gasteiger partial charge in [-0.2, -0.15) is 0 Å². The van der Waals surface area contributed by atoms with Crippen molar-refractivity contribution in [2.45, 2.75) is 13.2 Å². The summed E-state index contributed by atoms with van der Waals surface area (Å²) in [6.07, 6.45) is 1.72. The van der Waals surface area contributed by atoms with Crippen LogP contribution < -0.4 is 9.47 Å². The minimum Gasteiger partial charge on any atom is -0.497 e. The van der Waals surface area contributed by atoms with Crippen LogP contribution in [0, 0.1) is 0 Å². The van der Waals surface area contributed by atoms with Crippen molar-refractivity contribution >= 4 is 74.5 Å². The van der Waals surface area contributed by atoms with Crippen LogP contribution in [0.2, 0.25) is 10.0 Å². The number of amidine groups is 1. The molecule has 0 spiro atoms. The molecule has 5 aromatic carbocycles. The Morgan fingerprint density at radius 2 is 1.63 bits per heavy atom. The molecule has 7 nitrogen and oxygen atoms in total. The maximum Gasteiger partial charge on any atom is 0.335 e. The fourth-order valence-corrected chi connectivity index (χ4v) is 6.56. The van der Waals surface area contributed by atoms with Gasteiger partial charge in [0.05, 0.1) is 39.9 Å². The first-order valence-electron chi connectivity index (χ1n) is 14.1. The van der Waals surface area contributed by atoms with Crippen molar-refractivity contribution in [3.8, 4) is 11.5 Å². The van der Waals surface area contributed by atoms with Gasteiger partial charge in [0.25, 0.3) is 5.91 Å². The maximum atomic E-state index is 13.7. The molecule has 0 aliphatic carbocycles. The third-order valence-electron chi connectivity index (χ3n) is 7.30. The summed E-state index contributed by atoms with van der Waals surface area (Å²) in [4.78, 5) is 31.8. The number of amides is 1. The predicted molar refractivity (Wildman–Crippen MR) is 184 cm³/mol. The number of carbonyl (C=O) groups excluding carboxylic acids is 1. The van der Waals surface area contributed by atoms with E-state index in [9.17, 15) is 14.7 Å². The summed E-state index contributed by atoms with van der Waals surface area (Å²) in [5.41, 5.74) is 3.19. The van der Waals surface area contributed by atoms with E-state index >= 15 is 0 Å².